The Kier molecular flexibility index (Phi) is 8.09. The van der Waals surface area contributed by atoms with Gasteiger partial charge in [0.05, 0.1) is 17.6 Å². The van der Waals surface area contributed by atoms with Gasteiger partial charge < -0.3 is 19.7 Å². The third-order valence-corrected chi connectivity index (χ3v) is 6.42. The van der Waals surface area contributed by atoms with E-state index < -0.39 is 30.4 Å². The second kappa shape index (κ2) is 10.8. The van der Waals surface area contributed by atoms with Crippen LogP contribution in [0.2, 0.25) is 0 Å². The van der Waals surface area contributed by atoms with Crippen molar-refractivity contribution in [2.24, 2.45) is 5.92 Å². The van der Waals surface area contributed by atoms with Crippen LogP contribution in [0.1, 0.15) is 41.8 Å². The van der Waals surface area contributed by atoms with Crippen LogP contribution < -0.4 is 10.2 Å². The zero-order valence-corrected chi connectivity index (χ0v) is 21.1. The first-order valence-corrected chi connectivity index (χ1v) is 11.7. The predicted molar refractivity (Wildman–Crippen MR) is 131 cm³/mol. The Morgan fingerprint density at radius 3 is 2.41 bits per heavy atom. The maximum atomic E-state index is 12.5. The van der Waals surface area contributed by atoms with Crippen molar-refractivity contribution in [3.8, 4) is 0 Å². The highest BCUT2D eigenvalue weighted by Crippen LogP contribution is 2.27. The molecule has 1 saturated heterocycles. The molecule has 0 unspecified atom stereocenters. The summed E-state index contributed by atoms with van der Waals surface area (Å²) in [7, 11) is 0. The van der Waals surface area contributed by atoms with Crippen molar-refractivity contribution in [2.45, 2.75) is 40.2 Å². The van der Waals surface area contributed by atoms with E-state index in [2.05, 4.69) is 21.2 Å². The van der Waals surface area contributed by atoms with Crippen molar-refractivity contribution in [3.05, 3.63) is 57.6 Å². The summed E-state index contributed by atoms with van der Waals surface area (Å²) in [6.07, 6.45) is -0.244. The van der Waals surface area contributed by atoms with E-state index in [4.69, 9.17) is 9.47 Å². The fourth-order valence-electron chi connectivity index (χ4n) is 3.54. The maximum Gasteiger partial charge on any atom is 0.338 e. The molecular weight excluding hydrogens is 504 g/mol. The molecule has 1 N–H and O–H groups in total. The summed E-state index contributed by atoms with van der Waals surface area (Å²) >= 11 is 3.44. The smallest absolute Gasteiger partial charge is 0.338 e. The van der Waals surface area contributed by atoms with E-state index in [1.54, 1.807) is 44.2 Å². The zero-order valence-electron chi connectivity index (χ0n) is 19.5. The van der Waals surface area contributed by atoms with E-state index in [-0.39, 0.29) is 25.0 Å². The van der Waals surface area contributed by atoms with Gasteiger partial charge in [-0.05, 0) is 75.2 Å². The van der Waals surface area contributed by atoms with Crippen molar-refractivity contribution in [3.63, 3.8) is 0 Å². The first-order valence-electron chi connectivity index (χ1n) is 10.9. The van der Waals surface area contributed by atoms with Crippen LogP contribution in [-0.4, -0.2) is 43.0 Å². The summed E-state index contributed by atoms with van der Waals surface area (Å²) in [5, 5.41) is 2.74. The highest BCUT2D eigenvalue weighted by Gasteiger charge is 2.36. The van der Waals surface area contributed by atoms with Crippen molar-refractivity contribution in [2.75, 3.05) is 23.4 Å². The lowest BCUT2D eigenvalue weighted by Gasteiger charge is -2.17. The second-order valence-corrected chi connectivity index (χ2v) is 9.26. The quantitative estimate of drug-likeness (QED) is 0.539. The van der Waals surface area contributed by atoms with Crippen LogP contribution >= 0.6 is 15.9 Å². The number of ether oxygens (including phenoxy) is 2. The van der Waals surface area contributed by atoms with Crippen LogP contribution in [0.25, 0.3) is 0 Å². The number of hydrogen-bond acceptors (Lipinski definition) is 6. The minimum absolute atomic E-state index is 0.0113. The Morgan fingerprint density at radius 1 is 1.09 bits per heavy atom. The first-order chi connectivity index (χ1) is 16.1. The summed E-state index contributed by atoms with van der Waals surface area (Å²) in [5.74, 6) is -2.41. The lowest BCUT2D eigenvalue weighted by Crippen LogP contribution is -2.28. The molecule has 1 fully saturated rings. The van der Waals surface area contributed by atoms with Gasteiger partial charge >= 0.3 is 11.9 Å². The molecule has 2 amide bonds. The van der Waals surface area contributed by atoms with Gasteiger partial charge in [0.1, 0.15) is 0 Å². The number of amides is 2. The number of halogens is 1. The van der Waals surface area contributed by atoms with Gasteiger partial charge in [0.15, 0.2) is 6.61 Å². The maximum absolute atomic E-state index is 12.5. The van der Waals surface area contributed by atoms with Gasteiger partial charge in [-0.15, -0.1) is 0 Å². The summed E-state index contributed by atoms with van der Waals surface area (Å²) in [5.41, 5.74) is 3.51. The fourth-order valence-corrected chi connectivity index (χ4v) is 3.97. The van der Waals surface area contributed by atoms with Crippen molar-refractivity contribution < 1.29 is 28.7 Å². The van der Waals surface area contributed by atoms with Crippen LogP contribution in [0, 0.1) is 19.8 Å². The molecule has 9 heteroatoms. The van der Waals surface area contributed by atoms with Gasteiger partial charge in [-0.2, -0.15) is 0 Å². The molecule has 2 aromatic rings. The predicted octanol–water partition coefficient (Wildman–Crippen LogP) is 4.17. The molecule has 3 rings (SSSR count). The highest BCUT2D eigenvalue weighted by molar-refractivity contribution is 9.10. The van der Waals surface area contributed by atoms with Gasteiger partial charge in [-0.1, -0.05) is 15.9 Å². The molecule has 1 heterocycles. The second-order valence-electron chi connectivity index (χ2n) is 8.41. The van der Waals surface area contributed by atoms with Crippen LogP contribution in [0.15, 0.2) is 40.9 Å². The summed E-state index contributed by atoms with van der Waals surface area (Å²) in [4.78, 5) is 50.7. The topological polar surface area (TPSA) is 102 Å². The summed E-state index contributed by atoms with van der Waals surface area (Å²) in [6, 6.07) is 10.0. The fraction of sp³-hybridized carbons (Fsp3) is 0.360. The Morgan fingerprint density at radius 2 is 1.76 bits per heavy atom. The van der Waals surface area contributed by atoms with E-state index in [9.17, 15) is 19.2 Å². The van der Waals surface area contributed by atoms with Gasteiger partial charge in [-0.3, -0.25) is 14.4 Å². The largest absolute Gasteiger partial charge is 0.459 e. The molecule has 1 aliphatic heterocycles. The minimum atomic E-state index is -0.678. The lowest BCUT2D eigenvalue weighted by molar-refractivity contribution is -0.151. The Bertz CT molecular complexity index is 1110. The molecule has 2 aromatic carbocycles. The summed E-state index contributed by atoms with van der Waals surface area (Å²) < 4.78 is 11.3. The monoisotopic (exact) mass is 530 g/mol. The molecule has 0 saturated carbocycles. The number of carbonyl (C=O) groups is 4. The molecule has 0 spiro atoms. The van der Waals surface area contributed by atoms with Gasteiger partial charge in [0.2, 0.25) is 5.91 Å². The molecule has 180 valence electrons. The molecular formula is C25H27BrN2O6. The summed E-state index contributed by atoms with van der Waals surface area (Å²) in [6.45, 7) is 7.05. The third-order valence-electron chi connectivity index (χ3n) is 5.56. The van der Waals surface area contributed by atoms with Crippen LogP contribution in [0.4, 0.5) is 11.4 Å². The van der Waals surface area contributed by atoms with Crippen LogP contribution in [0.5, 0.6) is 0 Å². The Balaban J connectivity index is 1.54. The Hall–Kier alpha value is -3.20. The molecule has 8 nitrogen and oxygen atoms in total. The lowest BCUT2D eigenvalue weighted by atomic mass is 10.1. The number of esters is 2. The van der Waals surface area contributed by atoms with Gasteiger partial charge in [-0.25, -0.2) is 4.79 Å². The number of benzene rings is 2. The number of carbonyl (C=O) groups excluding carboxylic acids is 4. The minimum Gasteiger partial charge on any atom is -0.459 e. The van der Waals surface area contributed by atoms with Gasteiger partial charge in [0.25, 0.3) is 5.91 Å². The SMILES string of the molecule is Cc1c(Br)ccc(NC(=O)COC(=O)[C@@H]2CC(=O)N(c3ccc(C(=O)OC(C)C)cc3)C2)c1C. The molecule has 0 radical (unpaired) electrons. The van der Waals surface area contributed by atoms with E-state index in [1.165, 1.54) is 4.90 Å². The van der Waals surface area contributed by atoms with E-state index in [1.807, 2.05) is 19.9 Å². The normalized spacial score (nSPS) is 15.4. The number of anilines is 2. The molecule has 0 aliphatic carbocycles. The number of rotatable bonds is 7. The standard InChI is InChI=1S/C25H27BrN2O6/c1-14(2)34-25(32)17-5-7-19(8-6-17)28-12-18(11-23(28)30)24(31)33-13-22(29)27-21-10-9-20(26)15(3)16(21)4/h5-10,14,18H,11-13H2,1-4H3,(H,27,29)/t18-/m1/s1. The van der Waals surface area contributed by atoms with Gasteiger partial charge in [0, 0.05) is 28.8 Å². The third kappa shape index (κ3) is 6.02. The Labute approximate surface area is 206 Å². The van der Waals surface area contributed by atoms with Crippen molar-refractivity contribution in [1.29, 1.82) is 0 Å². The van der Waals surface area contributed by atoms with E-state index in [0.717, 1.165) is 15.6 Å². The molecule has 0 aromatic heterocycles. The van der Waals surface area contributed by atoms with Crippen LogP contribution in [0.3, 0.4) is 0 Å². The van der Waals surface area contributed by atoms with E-state index >= 15 is 0 Å². The molecule has 1 atom stereocenters. The average molecular weight is 531 g/mol. The highest BCUT2D eigenvalue weighted by atomic mass is 79.9. The zero-order chi connectivity index (χ0) is 25.0. The number of hydrogen-bond donors (Lipinski definition) is 1. The molecule has 1 aliphatic rings. The average Bonchev–Trinajstić information content (AvgIpc) is 3.19. The number of nitrogens with one attached hydrogen (secondary N) is 1. The van der Waals surface area contributed by atoms with Crippen LogP contribution in [-0.2, 0) is 23.9 Å². The van der Waals surface area contributed by atoms with E-state index in [0.29, 0.717) is 16.9 Å². The molecule has 0 bridgehead atoms. The van der Waals surface area contributed by atoms with Crippen molar-refractivity contribution in [1.82, 2.24) is 0 Å². The van der Waals surface area contributed by atoms with Crippen molar-refractivity contribution >= 4 is 51.1 Å². The molecule has 34 heavy (non-hydrogen) atoms. The number of nitrogens with zero attached hydrogens (tertiary/aromatic N) is 1. The first kappa shape index (κ1) is 25.4.